The molecule has 24 heavy (non-hydrogen) atoms. The maximum Gasteiger partial charge on any atom is 0.118 e. The average Bonchev–Trinajstić information content (AvgIpc) is 2.55. The van der Waals surface area contributed by atoms with Gasteiger partial charge in [0, 0.05) is 29.4 Å². The number of benzene rings is 1. The van der Waals surface area contributed by atoms with E-state index in [1.807, 2.05) is 18.2 Å². The fourth-order valence-electron chi connectivity index (χ4n) is 1.81. The number of ether oxygens (including phenoxy) is 1. The van der Waals surface area contributed by atoms with Gasteiger partial charge < -0.3 is 4.74 Å². The molecule has 0 fully saturated rings. The number of rotatable bonds is 9. The summed E-state index contributed by atoms with van der Waals surface area (Å²) >= 11 is 12.1. The highest BCUT2D eigenvalue weighted by atomic mass is 35.5. The van der Waals surface area contributed by atoms with Crippen LogP contribution in [0.2, 0.25) is 0 Å². The van der Waals surface area contributed by atoms with Crippen molar-refractivity contribution >= 4 is 35.1 Å². The molecule has 0 N–H and O–H groups in total. The summed E-state index contributed by atoms with van der Waals surface area (Å²) < 4.78 is 7.49. The van der Waals surface area contributed by atoms with Crippen LogP contribution in [0.4, 0.5) is 0 Å². The number of allylic oxidation sites excluding steroid dienone is 2. The SMILES string of the molecule is C=C(Cl)/C=C\C(=C)CN(CC(C)C)Sc1ccc(OC)cc1.CCl. The summed E-state index contributed by atoms with van der Waals surface area (Å²) in [5, 5.41) is 0.513. The third-order valence-corrected chi connectivity index (χ3v) is 3.89. The van der Waals surface area contributed by atoms with E-state index in [0.717, 1.165) is 24.4 Å². The fraction of sp³-hybridized carbons (Fsp3) is 0.368. The maximum atomic E-state index is 5.75. The van der Waals surface area contributed by atoms with Crippen molar-refractivity contribution in [3.05, 3.63) is 60.2 Å². The molecule has 0 aliphatic carbocycles. The van der Waals surface area contributed by atoms with E-state index in [0.29, 0.717) is 11.0 Å². The second-order valence-corrected chi connectivity index (χ2v) is 7.08. The molecule has 1 rings (SSSR count). The molecule has 134 valence electrons. The Hall–Kier alpha value is -0.870. The Bertz CT molecular complexity index is 527. The largest absolute Gasteiger partial charge is 0.497 e. The molecular formula is C19H27Cl2NOS. The van der Waals surface area contributed by atoms with E-state index in [1.54, 1.807) is 25.1 Å². The molecule has 0 aromatic heterocycles. The van der Waals surface area contributed by atoms with Gasteiger partial charge in [-0.15, -0.1) is 11.6 Å². The second-order valence-electron chi connectivity index (χ2n) is 5.42. The molecule has 1 aromatic rings. The molecule has 2 nitrogen and oxygen atoms in total. The number of methoxy groups -OCH3 is 1. The van der Waals surface area contributed by atoms with Crippen LogP contribution >= 0.6 is 35.1 Å². The van der Waals surface area contributed by atoms with Gasteiger partial charge in [-0.2, -0.15) is 0 Å². The first-order valence-corrected chi connectivity index (χ1v) is 9.46. The van der Waals surface area contributed by atoms with Gasteiger partial charge >= 0.3 is 0 Å². The summed E-state index contributed by atoms with van der Waals surface area (Å²) in [7, 11) is 1.67. The van der Waals surface area contributed by atoms with Crippen molar-refractivity contribution in [2.24, 2.45) is 5.92 Å². The normalized spacial score (nSPS) is 10.7. The third kappa shape index (κ3) is 10.8. The first kappa shape index (κ1) is 23.1. The van der Waals surface area contributed by atoms with Gasteiger partial charge in [0.1, 0.15) is 5.75 Å². The molecule has 0 aliphatic heterocycles. The average molecular weight is 388 g/mol. The van der Waals surface area contributed by atoms with Gasteiger partial charge in [0.05, 0.1) is 7.11 Å². The molecular weight excluding hydrogens is 361 g/mol. The Morgan fingerprint density at radius 2 is 1.79 bits per heavy atom. The van der Waals surface area contributed by atoms with Gasteiger partial charge in [-0.1, -0.05) is 44.7 Å². The standard InChI is InChI=1S/C18H24ClNOS.CH3Cl/c1-14(2)12-20(13-15(3)6-7-16(4)19)22-18-10-8-17(21-5)9-11-18;1-2/h6-11,14H,3-4,12-13H2,1-2,5H3;1H3/b7-6-;. The lowest BCUT2D eigenvalue weighted by atomic mass is 10.2. The molecule has 0 aliphatic rings. The van der Waals surface area contributed by atoms with Crippen molar-refractivity contribution in [1.82, 2.24) is 4.31 Å². The molecule has 0 unspecified atom stereocenters. The van der Waals surface area contributed by atoms with Crippen LogP contribution in [0.1, 0.15) is 13.8 Å². The van der Waals surface area contributed by atoms with Gasteiger partial charge in [0.2, 0.25) is 0 Å². The quantitative estimate of drug-likeness (QED) is 0.277. The lowest BCUT2D eigenvalue weighted by Gasteiger charge is -2.23. The molecule has 0 radical (unpaired) electrons. The molecule has 0 amide bonds. The zero-order chi connectivity index (χ0) is 18.5. The van der Waals surface area contributed by atoms with E-state index in [1.165, 1.54) is 11.3 Å². The van der Waals surface area contributed by atoms with Crippen LogP contribution in [-0.4, -0.2) is 30.9 Å². The molecule has 0 heterocycles. The van der Waals surface area contributed by atoms with Crippen molar-refractivity contribution in [3.8, 4) is 5.75 Å². The van der Waals surface area contributed by atoms with Crippen LogP contribution in [0, 0.1) is 5.92 Å². The Balaban J connectivity index is 0.00000254. The Kier molecular flexibility index (Phi) is 12.9. The predicted molar refractivity (Wildman–Crippen MR) is 110 cm³/mol. The van der Waals surface area contributed by atoms with E-state index >= 15 is 0 Å². The van der Waals surface area contributed by atoms with Gasteiger partial charge in [-0.25, -0.2) is 4.31 Å². The van der Waals surface area contributed by atoms with Crippen LogP contribution in [-0.2, 0) is 0 Å². The lowest BCUT2D eigenvalue weighted by molar-refractivity contribution is 0.414. The first-order chi connectivity index (χ1) is 11.4. The van der Waals surface area contributed by atoms with Gasteiger partial charge in [0.25, 0.3) is 0 Å². The predicted octanol–water partition coefficient (Wildman–Crippen LogP) is 6.38. The topological polar surface area (TPSA) is 12.5 Å². The summed E-state index contributed by atoms with van der Waals surface area (Å²) in [6.45, 7) is 13.9. The van der Waals surface area contributed by atoms with Crippen molar-refractivity contribution < 1.29 is 4.74 Å². The van der Waals surface area contributed by atoms with Crippen molar-refractivity contribution in [2.45, 2.75) is 18.7 Å². The van der Waals surface area contributed by atoms with E-state index in [4.69, 9.17) is 16.3 Å². The van der Waals surface area contributed by atoms with Crippen LogP contribution in [0.25, 0.3) is 0 Å². The molecule has 0 spiro atoms. The smallest absolute Gasteiger partial charge is 0.118 e. The fourth-order valence-corrected chi connectivity index (χ4v) is 3.04. The molecule has 0 atom stereocenters. The summed E-state index contributed by atoms with van der Waals surface area (Å²) in [5.41, 5.74) is 1.00. The zero-order valence-corrected chi connectivity index (χ0v) is 17.2. The van der Waals surface area contributed by atoms with E-state index < -0.39 is 0 Å². The van der Waals surface area contributed by atoms with Gasteiger partial charge in [0.15, 0.2) is 0 Å². The lowest BCUT2D eigenvalue weighted by Crippen LogP contribution is -2.22. The monoisotopic (exact) mass is 387 g/mol. The second kappa shape index (κ2) is 13.4. The zero-order valence-electron chi connectivity index (χ0n) is 14.9. The number of alkyl halides is 1. The minimum absolute atomic E-state index is 0.513. The highest BCUT2D eigenvalue weighted by molar-refractivity contribution is 7.97. The van der Waals surface area contributed by atoms with E-state index in [9.17, 15) is 0 Å². The molecule has 0 bridgehead atoms. The Morgan fingerprint density at radius 1 is 1.21 bits per heavy atom. The summed E-state index contributed by atoms with van der Waals surface area (Å²) in [6, 6.07) is 8.08. The van der Waals surface area contributed by atoms with Crippen molar-refractivity contribution in [2.75, 3.05) is 26.6 Å². The van der Waals surface area contributed by atoms with Crippen LogP contribution in [0.3, 0.4) is 0 Å². The molecule has 0 saturated carbocycles. The summed E-state index contributed by atoms with van der Waals surface area (Å²) in [6.07, 6.45) is 5.16. The Labute approximate surface area is 161 Å². The summed E-state index contributed by atoms with van der Waals surface area (Å²) in [5.74, 6) is 1.44. The summed E-state index contributed by atoms with van der Waals surface area (Å²) in [4.78, 5) is 1.18. The van der Waals surface area contributed by atoms with Gasteiger partial charge in [-0.3, -0.25) is 0 Å². The van der Waals surface area contributed by atoms with Crippen molar-refractivity contribution in [1.29, 1.82) is 0 Å². The van der Waals surface area contributed by atoms with Crippen molar-refractivity contribution in [3.63, 3.8) is 0 Å². The number of halogens is 2. The van der Waals surface area contributed by atoms with E-state index in [-0.39, 0.29) is 0 Å². The number of hydrogen-bond donors (Lipinski definition) is 0. The molecule has 5 heteroatoms. The van der Waals surface area contributed by atoms with Crippen LogP contribution in [0.15, 0.2) is 65.1 Å². The maximum absolute atomic E-state index is 5.75. The minimum Gasteiger partial charge on any atom is -0.497 e. The van der Waals surface area contributed by atoms with Crippen LogP contribution in [0.5, 0.6) is 5.75 Å². The van der Waals surface area contributed by atoms with Gasteiger partial charge in [-0.05, 0) is 53.8 Å². The third-order valence-electron chi connectivity index (χ3n) is 2.74. The number of nitrogens with zero attached hydrogens (tertiary/aromatic N) is 1. The van der Waals surface area contributed by atoms with Crippen LogP contribution < -0.4 is 4.74 Å². The molecule has 0 saturated heterocycles. The number of hydrogen-bond acceptors (Lipinski definition) is 3. The highest BCUT2D eigenvalue weighted by Crippen LogP contribution is 2.26. The highest BCUT2D eigenvalue weighted by Gasteiger charge is 2.10. The van der Waals surface area contributed by atoms with E-state index in [2.05, 4.69) is 55.0 Å². The first-order valence-electron chi connectivity index (χ1n) is 7.55. The minimum atomic E-state index is 0.513. The molecule has 1 aromatic carbocycles. The Morgan fingerprint density at radius 3 is 2.25 bits per heavy atom.